The molecular weight excluding hydrogens is 305 g/mol. The van der Waals surface area contributed by atoms with Crippen LogP contribution in [0.3, 0.4) is 0 Å². The molecule has 0 spiro atoms. The lowest BCUT2D eigenvalue weighted by Crippen LogP contribution is -2.12. The van der Waals surface area contributed by atoms with Crippen molar-refractivity contribution in [2.75, 3.05) is 0 Å². The van der Waals surface area contributed by atoms with E-state index in [1.165, 1.54) is 30.3 Å². The van der Waals surface area contributed by atoms with Gasteiger partial charge in [-0.05, 0) is 24.3 Å². The maximum Gasteiger partial charge on any atom is 0.417 e. The second kappa shape index (κ2) is 4.92. The Morgan fingerprint density at radius 1 is 1.14 bits per heavy atom. The highest BCUT2D eigenvalue weighted by molar-refractivity contribution is 7.99. The number of H-pyrrole nitrogens is 1. The Hall–Kier alpha value is -2.29. The van der Waals surface area contributed by atoms with Gasteiger partial charge in [-0.2, -0.15) is 27.9 Å². The number of alkyl halides is 3. The van der Waals surface area contributed by atoms with E-state index in [2.05, 4.69) is 15.3 Å². The summed E-state index contributed by atoms with van der Waals surface area (Å²) in [6.45, 7) is 0. The Morgan fingerprint density at radius 2 is 1.90 bits per heavy atom. The summed E-state index contributed by atoms with van der Waals surface area (Å²) >= 11 is 0.836. The molecular formula is C12H7F3N4OS. The van der Waals surface area contributed by atoms with E-state index in [4.69, 9.17) is 0 Å². The summed E-state index contributed by atoms with van der Waals surface area (Å²) in [7, 11) is 0. The van der Waals surface area contributed by atoms with Crippen LogP contribution >= 0.6 is 11.8 Å². The van der Waals surface area contributed by atoms with Crippen molar-refractivity contribution in [3.05, 3.63) is 52.4 Å². The Kier molecular flexibility index (Phi) is 3.20. The smallest absolute Gasteiger partial charge is 0.244 e. The molecule has 0 atom stereocenters. The number of benzene rings is 1. The molecule has 108 valence electrons. The first-order valence-electron chi connectivity index (χ1n) is 5.74. The van der Waals surface area contributed by atoms with Crippen LogP contribution in [0.25, 0.3) is 5.65 Å². The van der Waals surface area contributed by atoms with E-state index in [1.54, 1.807) is 0 Å². The number of aromatic amines is 1. The third-order valence-corrected chi connectivity index (χ3v) is 3.66. The zero-order chi connectivity index (χ0) is 15.0. The second-order valence-corrected chi connectivity index (χ2v) is 5.13. The van der Waals surface area contributed by atoms with E-state index >= 15 is 0 Å². The summed E-state index contributed by atoms with van der Waals surface area (Å²) in [5.41, 5.74) is -0.985. The van der Waals surface area contributed by atoms with Crippen LogP contribution in [0, 0.1) is 0 Å². The minimum absolute atomic E-state index is 0.0217. The quantitative estimate of drug-likeness (QED) is 0.790. The molecule has 0 saturated carbocycles. The van der Waals surface area contributed by atoms with Crippen LogP contribution in [0.15, 0.2) is 51.1 Å². The molecule has 0 saturated heterocycles. The molecule has 3 rings (SSSR count). The van der Waals surface area contributed by atoms with Gasteiger partial charge in [0.25, 0.3) is 0 Å². The summed E-state index contributed by atoms with van der Waals surface area (Å²) in [6.07, 6.45) is -4.44. The number of fused-ring (bicyclic) bond motifs is 1. The lowest BCUT2D eigenvalue weighted by atomic mass is 10.2. The van der Waals surface area contributed by atoms with Gasteiger partial charge in [-0.1, -0.05) is 23.9 Å². The Bertz CT molecular complexity index is 855. The predicted octanol–water partition coefficient (Wildman–Crippen LogP) is 2.59. The van der Waals surface area contributed by atoms with Crippen molar-refractivity contribution in [3.8, 4) is 0 Å². The zero-order valence-corrected chi connectivity index (χ0v) is 11.1. The van der Waals surface area contributed by atoms with Crippen LogP contribution in [-0.4, -0.2) is 19.8 Å². The second-order valence-electron chi connectivity index (χ2n) is 4.07. The molecule has 0 amide bonds. The molecule has 0 aliphatic rings. The van der Waals surface area contributed by atoms with E-state index in [-0.39, 0.29) is 9.92 Å². The highest BCUT2D eigenvalue weighted by Crippen LogP contribution is 2.38. The van der Waals surface area contributed by atoms with Crippen LogP contribution in [0.4, 0.5) is 13.2 Å². The molecule has 0 unspecified atom stereocenters. The van der Waals surface area contributed by atoms with Gasteiger partial charge in [-0.3, -0.25) is 0 Å². The van der Waals surface area contributed by atoms with Crippen LogP contribution in [0.1, 0.15) is 5.56 Å². The number of nitrogens with zero attached hydrogens (tertiary/aromatic N) is 3. The van der Waals surface area contributed by atoms with Crippen molar-refractivity contribution in [2.24, 2.45) is 0 Å². The average Bonchev–Trinajstić information content (AvgIpc) is 2.80. The van der Waals surface area contributed by atoms with E-state index in [9.17, 15) is 18.0 Å². The monoisotopic (exact) mass is 312 g/mol. The molecule has 2 aromatic heterocycles. The molecule has 3 aromatic rings. The van der Waals surface area contributed by atoms with Crippen molar-refractivity contribution < 1.29 is 13.2 Å². The number of hydrogen-bond acceptors (Lipinski definition) is 4. The average molecular weight is 312 g/mol. The van der Waals surface area contributed by atoms with Gasteiger partial charge in [-0.15, -0.1) is 0 Å². The molecule has 0 aliphatic carbocycles. The molecule has 0 fully saturated rings. The maximum atomic E-state index is 12.9. The van der Waals surface area contributed by atoms with E-state index in [0.29, 0.717) is 5.65 Å². The first-order chi connectivity index (χ1) is 9.95. The number of rotatable bonds is 2. The summed E-state index contributed by atoms with van der Waals surface area (Å²) in [5.74, 6) is 0. The van der Waals surface area contributed by atoms with Crippen LogP contribution in [-0.2, 0) is 6.18 Å². The largest absolute Gasteiger partial charge is 0.417 e. The van der Waals surface area contributed by atoms with Gasteiger partial charge in [0.2, 0.25) is 0 Å². The molecule has 1 aromatic carbocycles. The highest BCUT2D eigenvalue weighted by atomic mass is 32.2. The van der Waals surface area contributed by atoms with Crippen molar-refractivity contribution in [2.45, 2.75) is 16.1 Å². The van der Waals surface area contributed by atoms with Gasteiger partial charge in [-0.25, -0.2) is 9.89 Å². The minimum Gasteiger partial charge on any atom is -0.244 e. The SMILES string of the molecule is O=c1[nH]nc2ccc(Sc3ccccc3C(F)(F)F)nn12. The van der Waals surface area contributed by atoms with Crippen LogP contribution in [0.2, 0.25) is 0 Å². The summed E-state index contributed by atoms with van der Waals surface area (Å²) in [4.78, 5) is 11.4. The summed E-state index contributed by atoms with van der Waals surface area (Å²) in [5, 5.41) is 10.1. The number of nitrogens with one attached hydrogen (secondary N) is 1. The zero-order valence-electron chi connectivity index (χ0n) is 10.3. The van der Waals surface area contributed by atoms with Crippen molar-refractivity contribution >= 4 is 17.4 Å². The normalized spacial score (nSPS) is 12.0. The summed E-state index contributed by atoms with van der Waals surface area (Å²) in [6, 6.07) is 8.21. The van der Waals surface area contributed by atoms with E-state index in [1.807, 2.05) is 0 Å². The fraction of sp³-hybridized carbons (Fsp3) is 0.0833. The van der Waals surface area contributed by atoms with E-state index in [0.717, 1.165) is 22.3 Å². The lowest BCUT2D eigenvalue weighted by Gasteiger charge is -2.11. The van der Waals surface area contributed by atoms with Gasteiger partial charge in [0, 0.05) is 4.90 Å². The number of halogens is 3. The standard InChI is InChI=1S/C12H7F3N4OS/c13-12(14,15)7-3-1-2-4-8(7)21-10-6-5-9-16-17-11(20)19(9)18-10/h1-6H,(H,17,20). The number of aromatic nitrogens is 4. The molecule has 0 bridgehead atoms. The summed E-state index contributed by atoms with van der Waals surface area (Å²) < 4.78 is 39.7. The van der Waals surface area contributed by atoms with Gasteiger partial charge < -0.3 is 0 Å². The van der Waals surface area contributed by atoms with Gasteiger partial charge in [0.15, 0.2) is 5.65 Å². The van der Waals surface area contributed by atoms with Crippen molar-refractivity contribution in [1.82, 2.24) is 19.8 Å². The number of hydrogen-bond donors (Lipinski definition) is 1. The Labute approximate surface area is 119 Å². The molecule has 5 nitrogen and oxygen atoms in total. The molecule has 1 N–H and O–H groups in total. The van der Waals surface area contributed by atoms with Crippen LogP contribution < -0.4 is 5.69 Å². The molecule has 9 heteroatoms. The fourth-order valence-electron chi connectivity index (χ4n) is 1.74. The molecule has 21 heavy (non-hydrogen) atoms. The lowest BCUT2D eigenvalue weighted by molar-refractivity contribution is -0.139. The highest BCUT2D eigenvalue weighted by Gasteiger charge is 2.33. The fourth-order valence-corrected chi connectivity index (χ4v) is 2.67. The minimum atomic E-state index is -4.44. The van der Waals surface area contributed by atoms with Crippen LogP contribution in [0.5, 0.6) is 0 Å². The Morgan fingerprint density at radius 3 is 2.67 bits per heavy atom. The van der Waals surface area contributed by atoms with Crippen molar-refractivity contribution in [3.63, 3.8) is 0 Å². The third kappa shape index (κ3) is 2.64. The van der Waals surface area contributed by atoms with E-state index < -0.39 is 17.4 Å². The van der Waals surface area contributed by atoms with Gasteiger partial charge >= 0.3 is 11.9 Å². The Balaban J connectivity index is 2.03. The predicted molar refractivity (Wildman–Crippen MR) is 69.2 cm³/mol. The molecule has 2 heterocycles. The maximum absolute atomic E-state index is 12.9. The topological polar surface area (TPSA) is 63.0 Å². The van der Waals surface area contributed by atoms with Gasteiger partial charge in [0.1, 0.15) is 5.03 Å². The first-order valence-corrected chi connectivity index (χ1v) is 6.55. The first kappa shape index (κ1) is 13.7. The molecule has 0 aliphatic heterocycles. The third-order valence-electron chi connectivity index (χ3n) is 2.66. The molecule has 0 radical (unpaired) electrons. The van der Waals surface area contributed by atoms with Gasteiger partial charge in [0.05, 0.1) is 5.56 Å². The van der Waals surface area contributed by atoms with Crippen molar-refractivity contribution in [1.29, 1.82) is 0 Å².